The number of fused-ring (bicyclic) bond motifs is 1. The molecule has 154 valence electrons. The molecular weight excluding hydrogens is 368 g/mol. The fourth-order valence-corrected chi connectivity index (χ4v) is 4.38. The van der Waals surface area contributed by atoms with Crippen LogP contribution in [0, 0.1) is 13.8 Å². The minimum Gasteiger partial charge on any atom is -0.346 e. The number of carbonyl (C=O) groups is 1. The molecule has 3 nitrogen and oxygen atoms in total. The maximum atomic E-state index is 12.7. The molecule has 0 bridgehead atoms. The molecule has 0 spiro atoms. The van der Waals surface area contributed by atoms with Crippen LogP contribution in [0.2, 0.25) is 0 Å². The Hall–Kier alpha value is -2.91. The highest BCUT2D eigenvalue weighted by Gasteiger charge is 2.17. The predicted octanol–water partition coefficient (Wildman–Crippen LogP) is 5.35. The molecule has 1 atom stereocenters. The topological polar surface area (TPSA) is 32.3 Å². The van der Waals surface area contributed by atoms with Crippen LogP contribution in [0.5, 0.6) is 0 Å². The maximum absolute atomic E-state index is 12.7. The number of carbonyl (C=O) groups excluding carboxylic acids is 1. The van der Waals surface area contributed by atoms with Gasteiger partial charge in [-0.15, -0.1) is 0 Å². The molecule has 0 saturated heterocycles. The lowest BCUT2D eigenvalue weighted by atomic mass is 9.99. The summed E-state index contributed by atoms with van der Waals surface area (Å²) in [6.45, 7) is 9.20. The van der Waals surface area contributed by atoms with Crippen LogP contribution in [0.25, 0.3) is 0 Å². The molecule has 3 heteroatoms. The van der Waals surface area contributed by atoms with Gasteiger partial charge in [0.05, 0.1) is 6.04 Å². The first kappa shape index (κ1) is 20.4. The van der Waals surface area contributed by atoms with Gasteiger partial charge in [-0.05, 0) is 67.1 Å². The predicted molar refractivity (Wildman–Crippen MR) is 122 cm³/mol. The Morgan fingerprint density at radius 1 is 1.00 bits per heavy atom. The van der Waals surface area contributed by atoms with Crippen LogP contribution in [0.1, 0.15) is 56.7 Å². The van der Waals surface area contributed by atoms with Crippen molar-refractivity contribution in [3.8, 4) is 0 Å². The van der Waals surface area contributed by atoms with Crippen molar-refractivity contribution in [2.45, 2.75) is 46.3 Å². The van der Waals surface area contributed by atoms with Crippen LogP contribution >= 0.6 is 0 Å². The molecule has 0 saturated carbocycles. The summed E-state index contributed by atoms with van der Waals surface area (Å²) in [7, 11) is 0. The second-order valence-corrected chi connectivity index (χ2v) is 8.48. The fraction of sp³-hybridized carbons (Fsp3) is 0.296. The summed E-state index contributed by atoms with van der Waals surface area (Å²) in [5.41, 5.74) is 8.46. The summed E-state index contributed by atoms with van der Waals surface area (Å²) >= 11 is 0. The van der Waals surface area contributed by atoms with Crippen LogP contribution in [0.3, 0.4) is 0 Å². The van der Waals surface area contributed by atoms with Crippen molar-refractivity contribution in [1.29, 1.82) is 0 Å². The highest BCUT2D eigenvalue weighted by atomic mass is 16.1. The third-order valence-electron chi connectivity index (χ3n) is 6.07. The van der Waals surface area contributed by atoms with E-state index < -0.39 is 0 Å². The second-order valence-electron chi connectivity index (χ2n) is 8.48. The van der Waals surface area contributed by atoms with Crippen LogP contribution in [-0.4, -0.2) is 17.4 Å². The summed E-state index contributed by atoms with van der Waals surface area (Å²) in [5, 5.41) is 3.14. The van der Waals surface area contributed by atoms with E-state index in [9.17, 15) is 4.79 Å². The van der Waals surface area contributed by atoms with E-state index in [1.54, 1.807) is 0 Å². The van der Waals surface area contributed by atoms with Crippen molar-refractivity contribution >= 4 is 5.91 Å². The van der Waals surface area contributed by atoms with E-state index >= 15 is 0 Å². The lowest BCUT2D eigenvalue weighted by Crippen LogP contribution is -2.30. The molecule has 1 aliphatic rings. The van der Waals surface area contributed by atoms with E-state index in [1.165, 1.54) is 27.8 Å². The van der Waals surface area contributed by atoms with Gasteiger partial charge < -0.3 is 5.32 Å². The Balaban J connectivity index is 1.37. The van der Waals surface area contributed by atoms with Crippen LogP contribution < -0.4 is 5.32 Å². The zero-order valence-electron chi connectivity index (χ0n) is 18.1. The van der Waals surface area contributed by atoms with E-state index in [1.807, 2.05) is 19.1 Å². The number of rotatable bonds is 5. The van der Waals surface area contributed by atoms with Gasteiger partial charge in [0, 0.05) is 25.2 Å². The van der Waals surface area contributed by atoms with Gasteiger partial charge in [0.25, 0.3) is 5.91 Å². The first-order valence-corrected chi connectivity index (χ1v) is 10.8. The smallest absolute Gasteiger partial charge is 0.251 e. The number of amides is 1. The molecule has 30 heavy (non-hydrogen) atoms. The molecular formula is C27H30N2O. The molecule has 0 radical (unpaired) electrons. The van der Waals surface area contributed by atoms with E-state index in [0.29, 0.717) is 5.56 Å². The van der Waals surface area contributed by atoms with Crippen molar-refractivity contribution in [2.24, 2.45) is 0 Å². The fourth-order valence-electron chi connectivity index (χ4n) is 4.38. The van der Waals surface area contributed by atoms with E-state index in [0.717, 1.165) is 31.6 Å². The summed E-state index contributed by atoms with van der Waals surface area (Å²) in [4.78, 5) is 15.2. The average Bonchev–Trinajstić information content (AvgIpc) is 2.74. The zero-order chi connectivity index (χ0) is 21.1. The minimum atomic E-state index is -0.0269. The average molecular weight is 399 g/mol. The molecule has 1 heterocycles. The number of nitrogens with zero attached hydrogens (tertiary/aromatic N) is 1. The van der Waals surface area contributed by atoms with Gasteiger partial charge in [-0.3, -0.25) is 9.69 Å². The van der Waals surface area contributed by atoms with Gasteiger partial charge in [-0.1, -0.05) is 60.2 Å². The number of benzene rings is 3. The number of aryl methyl sites for hydroxylation is 2. The molecule has 0 unspecified atom stereocenters. The third kappa shape index (κ3) is 4.63. The molecule has 3 aromatic carbocycles. The molecule has 4 rings (SSSR count). The maximum Gasteiger partial charge on any atom is 0.251 e. The Morgan fingerprint density at radius 2 is 1.73 bits per heavy atom. The van der Waals surface area contributed by atoms with Crippen LogP contribution in [0.15, 0.2) is 66.7 Å². The first-order chi connectivity index (χ1) is 14.5. The number of nitrogens with one attached hydrogen (secondary N) is 1. The van der Waals surface area contributed by atoms with Gasteiger partial charge in [-0.2, -0.15) is 0 Å². The summed E-state index contributed by atoms with van der Waals surface area (Å²) in [6, 6.07) is 23.1. The Labute approximate surface area is 179 Å². The van der Waals surface area contributed by atoms with E-state index in [2.05, 4.69) is 78.7 Å². The molecule has 1 amide bonds. The molecule has 0 aliphatic carbocycles. The van der Waals surface area contributed by atoms with Crippen molar-refractivity contribution < 1.29 is 4.79 Å². The van der Waals surface area contributed by atoms with Crippen LogP contribution in [0.4, 0.5) is 0 Å². The van der Waals surface area contributed by atoms with Crippen molar-refractivity contribution in [3.63, 3.8) is 0 Å². The largest absolute Gasteiger partial charge is 0.346 e. The van der Waals surface area contributed by atoms with E-state index in [4.69, 9.17) is 0 Å². The first-order valence-electron chi connectivity index (χ1n) is 10.8. The Morgan fingerprint density at radius 3 is 2.47 bits per heavy atom. The van der Waals surface area contributed by atoms with Crippen molar-refractivity contribution in [3.05, 3.63) is 106 Å². The molecule has 3 aromatic rings. The van der Waals surface area contributed by atoms with Gasteiger partial charge in [0.1, 0.15) is 0 Å². The number of hydrogen-bond donors (Lipinski definition) is 1. The van der Waals surface area contributed by atoms with Gasteiger partial charge in [-0.25, -0.2) is 0 Å². The normalized spacial score (nSPS) is 14.8. The van der Waals surface area contributed by atoms with Crippen LogP contribution in [-0.2, 0) is 19.5 Å². The lowest BCUT2D eigenvalue weighted by Gasteiger charge is -2.28. The standard InChI is InChI=1S/C27H30N2O/c1-19-8-13-26(20(2)16-19)21(3)28-27(30)24-11-9-22(10-12-24)17-29-15-14-23-6-4-5-7-25(23)18-29/h4-13,16,21H,14-15,17-18H2,1-3H3,(H,28,30)/t21-/m1/s1. The monoisotopic (exact) mass is 398 g/mol. The minimum absolute atomic E-state index is 0.0220. The Bertz CT molecular complexity index is 1040. The summed E-state index contributed by atoms with van der Waals surface area (Å²) in [5.74, 6) is -0.0269. The van der Waals surface area contributed by atoms with Crippen molar-refractivity contribution in [1.82, 2.24) is 10.2 Å². The summed E-state index contributed by atoms with van der Waals surface area (Å²) in [6.07, 6.45) is 1.10. The molecule has 0 fully saturated rings. The third-order valence-corrected chi connectivity index (χ3v) is 6.07. The quantitative estimate of drug-likeness (QED) is 0.628. The zero-order valence-corrected chi connectivity index (χ0v) is 18.1. The highest BCUT2D eigenvalue weighted by molar-refractivity contribution is 5.94. The molecule has 1 aliphatic heterocycles. The highest BCUT2D eigenvalue weighted by Crippen LogP contribution is 2.21. The van der Waals surface area contributed by atoms with Gasteiger partial charge in [0.2, 0.25) is 0 Å². The molecule has 0 aromatic heterocycles. The molecule has 1 N–H and O–H groups in total. The second kappa shape index (κ2) is 8.85. The number of hydrogen-bond acceptors (Lipinski definition) is 2. The summed E-state index contributed by atoms with van der Waals surface area (Å²) < 4.78 is 0. The Kier molecular flexibility index (Phi) is 6.01. The van der Waals surface area contributed by atoms with Crippen molar-refractivity contribution in [2.75, 3.05) is 6.54 Å². The lowest BCUT2D eigenvalue weighted by molar-refractivity contribution is 0.0940. The van der Waals surface area contributed by atoms with Gasteiger partial charge in [0.15, 0.2) is 0 Å². The SMILES string of the molecule is Cc1ccc([C@@H](C)NC(=O)c2ccc(CN3CCc4ccccc4C3)cc2)c(C)c1. The van der Waals surface area contributed by atoms with Gasteiger partial charge >= 0.3 is 0 Å². The van der Waals surface area contributed by atoms with E-state index in [-0.39, 0.29) is 11.9 Å².